The van der Waals surface area contributed by atoms with Crippen molar-refractivity contribution >= 4 is 17.3 Å². The highest BCUT2D eigenvalue weighted by Crippen LogP contribution is 2.23. The summed E-state index contributed by atoms with van der Waals surface area (Å²) in [6, 6.07) is 17.5. The Labute approximate surface area is 153 Å². The van der Waals surface area contributed by atoms with Crippen LogP contribution in [0.2, 0.25) is 0 Å². The fourth-order valence-electron chi connectivity index (χ4n) is 3.38. The standard InChI is InChI=1S/C21H22N4O/c26-21(17-7-5-9-19(15-17)25-12-2-1-3-13-25)23-18-8-4-6-16(14-18)20-10-11-22-24-20/h4-11,14-15H,1-3,12-13H2,(H,22,24)(H,23,26). The molecule has 132 valence electrons. The van der Waals surface area contributed by atoms with Gasteiger partial charge in [0.1, 0.15) is 0 Å². The molecule has 2 N–H and O–H groups in total. The van der Waals surface area contributed by atoms with Crippen molar-refractivity contribution in [2.45, 2.75) is 19.3 Å². The molecule has 1 aromatic heterocycles. The van der Waals surface area contributed by atoms with E-state index in [9.17, 15) is 4.79 Å². The van der Waals surface area contributed by atoms with Crippen molar-refractivity contribution < 1.29 is 4.79 Å². The van der Waals surface area contributed by atoms with Crippen molar-refractivity contribution in [3.63, 3.8) is 0 Å². The van der Waals surface area contributed by atoms with Gasteiger partial charge in [-0.05, 0) is 55.7 Å². The van der Waals surface area contributed by atoms with E-state index in [0.717, 1.165) is 35.7 Å². The van der Waals surface area contributed by atoms with Crippen LogP contribution in [-0.2, 0) is 0 Å². The third-order valence-corrected chi connectivity index (χ3v) is 4.76. The van der Waals surface area contributed by atoms with Crippen molar-refractivity contribution in [2.24, 2.45) is 0 Å². The van der Waals surface area contributed by atoms with Gasteiger partial charge < -0.3 is 10.2 Å². The molecule has 0 bridgehead atoms. The second-order valence-corrected chi connectivity index (χ2v) is 6.60. The minimum absolute atomic E-state index is 0.0920. The number of hydrogen-bond acceptors (Lipinski definition) is 3. The molecule has 5 nitrogen and oxygen atoms in total. The third kappa shape index (κ3) is 3.61. The highest BCUT2D eigenvalue weighted by Gasteiger charge is 2.13. The van der Waals surface area contributed by atoms with E-state index in [1.165, 1.54) is 19.3 Å². The molecule has 0 atom stereocenters. The lowest BCUT2D eigenvalue weighted by Gasteiger charge is -2.29. The topological polar surface area (TPSA) is 61.0 Å². The highest BCUT2D eigenvalue weighted by molar-refractivity contribution is 6.05. The first-order valence-corrected chi connectivity index (χ1v) is 9.06. The highest BCUT2D eigenvalue weighted by atomic mass is 16.1. The van der Waals surface area contributed by atoms with Crippen LogP contribution in [0.25, 0.3) is 11.3 Å². The molecule has 0 unspecified atom stereocenters. The van der Waals surface area contributed by atoms with E-state index in [0.29, 0.717) is 5.56 Å². The van der Waals surface area contributed by atoms with Gasteiger partial charge in [0.25, 0.3) is 5.91 Å². The maximum absolute atomic E-state index is 12.7. The van der Waals surface area contributed by atoms with E-state index in [1.54, 1.807) is 6.20 Å². The molecule has 0 spiro atoms. The molecule has 1 aliphatic heterocycles. The first-order valence-electron chi connectivity index (χ1n) is 9.06. The van der Waals surface area contributed by atoms with Crippen LogP contribution in [0.5, 0.6) is 0 Å². The number of amides is 1. The van der Waals surface area contributed by atoms with E-state index >= 15 is 0 Å². The average molecular weight is 346 g/mol. The third-order valence-electron chi connectivity index (χ3n) is 4.76. The smallest absolute Gasteiger partial charge is 0.255 e. The normalized spacial score (nSPS) is 14.2. The summed E-state index contributed by atoms with van der Waals surface area (Å²) in [5.74, 6) is -0.0920. The molecule has 1 saturated heterocycles. The number of rotatable bonds is 4. The number of carbonyl (C=O) groups excluding carboxylic acids is 1. The summed E-state index contributed by atoms with van der Waals surface area (Å²) >= 11 is 0. The zero-order valence-corrected chi connectivity index (χ0v) is 14.6. The molecule has 0 aliphatic carbocycles. The van der Waals surface area contributed by atoms with Crippen LogP contribution in [0.4, 0.5) is 11.4 Å². The van der Waals surface area contributed by atoms with Crippen LogP contribution in [0, 0.1) is 0 Å². The summed E-state index contributed by atoms with van der Waals surface area (Å²) < 4.78 is 0. The van der Waals surface area contributed by atoms with Gasteiger partial charge in [-0.1, -0.05) is 18.2 Å². The van der Waals surface area contributed by atoms with Gasteiger partial charge in [0.2, 0.25) is 0 Å². The Morgan fingerprint density at radius 1 is 1.00 bits per heavy atom. The van der Waals surface area contributed by atoms with Gasteiger partial charge in [-0.25, -0.2) is 0 Å². The van der Waals surface area contributed by atoms with Crippen LogP contribution < -0.4 is 10.2 Å². The number of hydrogen-bond donors (Lipinski definition) is 2. The van der Waals surface area contributed by atoms with Crippen molar-refractivity contribution in [1.29, 1.82) is 0 Å². The summed E-state index contributed by atoms with van der Waals surface area (Å²) in [5.41, 5.74) is 4.49. The number of aromatic amines is 1. The van der Waals surface area contributed by atoms with Crippen molar-refractivity contribution in [3.05, 3.63) is 66.4 Å². The molecule has 0 radical (unpaired) electrons. The van der Waals surface area contributed by atoms with Crippen molar-refractivity contribution in [2.75, 3.05) is 23.3 Å². The Balaban J connectivity index is 1.51. The van der Waals surface area contributed by atoms with Gasteiger partial charge >= 0.3 is 0 Å². The number of nitrogens with one attached hydrogen (secondary N) is 2. The summed E-state index contributed by atoms with van der Waals surface area (Å²) in [5, 5.41) is 9.91. The van der Waals surface area contributed by atoms with Crippen molar-refractivity contribution in [3.8, 4) is 11.3 Å². The lowest BCUT2D eigenvalue weighted by molar-refractivity contribution is 0.102. The average Bonchev–Trinajstić information content (AvgIpc) is 3.24. The molecule has 3 aromatic rings. The van der Waals surface area contributed by atoms with Crippen LogP contribution in [0.1, 0.15) is 29.6 Å². The van der Waals surface area contributed by atoms with E-state index < -0.39 is 0 Å². The van der Waals surface area contributed by atoms with E-state index in [1.807, 2.05) is 48.5 Å². The Morgan fingerprint density at radius 2 is 1.85 bits per heavy atom. The van der Waals surface area contributed by atoms with Gasteiger partial charge in [-0.3, -0.25) is 9.89 Å². The fraction of sp³-hybridized carbons (Fsp3) is 0.238. The first kappa shape index (κ1) is 16.4. The molecule has 26 heavy (non-hydrogen) atoms. The quantitative estimate of drug-likeness (QED) is 0.739. The van der Waals surface area contributed by atoms with Crippen LogP contribution in [0.15, 0.2) is 60.8 Å². The lowest BCUT2D eigenvalue weighted by atomic mass is 10.1. The van der Waals surface area contributed by atoms with E-state index in [2.05, 4.69) is 26.5 Å². The van der Waals surface area contributed by atoms with Crippen molar-refractivity contribution in [1.82, 2.24) is 10.2 Å². The zero-order chi connectivity index (χ0) is 17.8. The van der Waals surface area contributed by atoms with Crippen LogP contribution in [0.3, 0.4) is 0 Å². The summed E-state index contributed by atoms with van der Waals surface area (Å²) in [6.45, 7) is 2.13. The lowest BCUT2D eigenvalue weighted by Crippen LogP contribution is -2.29. The Morgan fingerprint density at radius 3 is 2.65 bits per heavy atom. The summed E-state index contributed by atoms with van der Waals surface area (Å²) in [4.78, 5) is 15.1. The monoisotopic (exact) mass is 346 g/mol. The largest absolute Gasteiger partial charge is 0.372 e. The fourth-order valence-corrected chi connectivity index (χ4v) is 3.38. The number of piperidine rings is 1. The number of carbonyl (C=O) groups is 1. The van der Waals surface area contributed by atoms with Gasteiger partial charge in [-0.2, -0.15) is 5.10 Å². The second kappa shape index (κ2) is 7.44. The predicted octanol–water partition coefficient (Wildman–Crippen LogP) is 4.32. The molecular formula is C21H22N4O. The minimum atomic E-state index is -0.0920. The van der Waals surface area contributed by atoms with Gasteiger partial charge in [-0.15, -0.1) is 0 Å². The second-order valence-electron chi connectivity index (χ2n) is 6.60. The first-order chi connectivity index (χ1) is 12.8. The van der Waals surface area contributed by atoms with Gasteiger partial charge in [0, 0.05) is 41.8 Å². The SMILES string of the molecule is O=C(Nc1cccc(-c2ccn[nH]2)c1)c1cccc(N2CCCCC2)c1. The summed E-state index contributed by atoms with van der Waals surface area (Å²) in [7, 11) is 0. The predicted molar refractivity (Wildman–Crippen MR) is 104 cm³/mol. The number of aromatic nitrogens is 2. The Kier molecular flexibility index (Phi) is 4.69. The molecule has 1 aliphatic rings. The number of anilines is 2. The van der Waals surface area contributed by atoms with Gasteiger partial charge in [0.15, 0.2) is 0 Å². The van der Waals surface area contributed by atoms with Gasteiger partial charge in [0.05, 0.1) is 5.69 Å². The number of H-pyrrole nitrogens is 1. The van der Waals surface area contributed by atoms with E-state index in [4.69, 9.17) is 0 Å². The number of benzene rings is 2. The zero-order valence-electron chi connectivity index (χ0n) is 14.6. The molecule has 2 aromatic carbocycles. The summed E-state index contributed by atoms with van der Waals surface area (Å²) in [6.07, 6.45) is 5.45. The Bertz CT molecular complexity index is 883. The minimum Gasteiger partial charge on any atom is -0.372 e. The molecule has 4 rings (SSSR count). The maximum Gasteiger partial charge on any atom is 0.255 e. The molecular weight excluding hydrogens is 324 g/mol. The molecule has 2 heterocycles. The molecule has 1 amide bonds. The molecule has 1 fully saturated rings. The number of nitrogens with zero attached hydrogens (tertiary/aromatic N) is 2. The molecule has 5 heteroatoms. The van der Waals surface area contributed by atoms with Crippen LogP contribution in [-0.4, -0.2) is 29.2 Å². The van der Waals surface area contributed by atoms with Crippen LogP contribution >= 0.6 is 0 Å². The molecule has 0 saturated carbocycles. The van der Waals surface area contributed by atoms with E-state index in [-0.39, 0.29) is 5.91 Å². The maximum atomic E-state index is 12.7. The Hall–Kier alpha value is -3.08.